The van der Waals surface area contributed by atoms with Gasteiger partial charge in [-0.25, -0.2) is 4.79 Å². The Morgan fingerprint density at radius 3 is 2.40 bits per heavy atom. The van der Waals surface area contributed by atoms with Gasteiger partial charge in [0.15, 0.2) is 6.10 Å². The molecule has 6 heteroatoms. The summed E-state index contributed by atoms with van der Waals surface area (Å²) in [5.41, 5.74) is 1.32. The van der Waals surface area contributed by atoms with Crippen LogP contribution in [0.4, 0.5) is 0 Å². The fraction of sp³-hybridized carbons (Fsp3) is 0.263. The minimum Gasteiger partial charge on any atom is -0.497 e. The van der Waals surface area contributed by atoms with Gasteiger partial charge in [-0.05, 0) is 42.8 Å². The Balaban J connectivity index is 1.90. The predicted molar refractivity (Wildman–Crippen MR) is 92.7 cm³/mol. The number of amides is 1. The highest BCUT2D eigenvalue weighted by molar-refractivity contribution is 5.89. The number of nitrogens with one attached hydrogen (secondary N) is 1. The number of methoxy groups -OCH3 is 2. The summed E-state index contributed by atoms with van der Waals surface area (Å²) in [7, 11) is 2.91. The zero-order chi connectivity index (χ0) is 18.2. The molecule has 2 rings (SSSR count). The first kappa shape index (κ1) is 18.3. The molecular weight excluding hydrogens is 322 g/mol. The minimum atomic E-state index is -0.703. The first-order valence-corrected chi connectivity index (χ1v) is 7.79. The van der Waals surface area contributed by atoms with Crippen molar-refractivity contribution in [2.45, 2.75) is 19.6 Å². The number of ether oxygens (including phenoxy) is 3. The average Bonchev–Trinajstić information content (AvgIpc) is 2.65. The van der Waals surface area contributed by atoms with Crippen LogP contribution in [0.5, 0.6) is 11.5 Å². The van der Waals surface area contributed by atoms with Crippen LogP contribution < -0.4 is 14.8 Å². The molecule has 0 aliphatic rings. The van der Waals surface area contributed by atoms with Crippen molar-refractivity contribution in [3.8, 4) is 11.5 Å². The zero-order valence-electron chi connectivity index (χ0n) is 14.4. The van der Waals surface area contributed by atoms with Gasteiger partial charge >= 0.3 is 5.97 Å². The highest BCUT2D eigenvalue weighted by atomic mass is 16.5. The van der Waals surface area contributed by atoms with Crippen LogP contribution in [0.1, 0.15) is 22.8 Å². The second kappa shape index (κ2) is 8.73. The van der Waals surface area contributed by atoms with Crippen molar-refractivity contribution >= 4 is 11.9 Å². The number of hydrogen-bond donors (Lipinski definition) is 1. The molecule has 1 N–H and O–H groups in total. The largest absolute Gasteiger partial charge is 0.497 e. The van der Waals surface area contributed by atoms with Crippen LogP contribution in [-0.4, -0.2) is 32.2 Å². The lowest BCUT2D eigenvalue weighted by molar-refractivity contribution is -0.127. The van der Waals surface area contributed by atoms with Crippen molar-refractivity contribution < 1.29 is 23.8 Å². The maximum atomic E-state index is 12.2. The van der Waals surface area contributed by atoms with E-state index in [-0.39, 0.29) is 5.91 Å². The normalized spacial score (nSPS) is 11.3. The summed E-state index contributed by atoms with van der Waals surface area (Å²) in [6.07, 6.45) is -0.703. The molecule has 25 heavy (non-hydrogen) atoms. The van der Waals surface area contributed by atoms with E-state index in [4.69, 9.17) is 9.47 Å². The second-order valence-corrected chi connectivity index (χ2v) is 5.35. The minimum absolute atomic E-state index is 0.251. The number of carbonyl (C=O) groups excluding carboxylic acids is 2. The second-order valence-electron chi connectivity index (χ2n) is 5.35. The van der Waals surface area contributed by atoms with E-state index in [1.807, 2.05) is 24.3 Å². The van der Waals surface area contributed by atoms with Gasteiger partial charge in [-0.1, -0.05) is 18.2 Å². The first-order chi connectivity index (χ1) is 12.0. The quantitative estimate of drug-likeness (QED) is 0.782. The van der Waals surface area contributed by atoms with Gasteiger partial charge < -0.3 is 19.5 Å². The number of carbonyl (C=O) groups is 2. The van der Waals surface area contributed by atoms with Gasteiger partial charge in [0.05, 0.1) is 19.8 Å². The lowest BCUT2D eigenvalue weighted by Gasteiger charge is -2.15. The van der Waals surface area contributed by atoms with E-state index >= 15 is 0 Å². The van der Waals surface area contributed by atoms with E-state index in [0.717, 1.165) is 11.3 Å². The van der Waals surface area contributed by atoms with E-state index in [2.05, 4.69) is 10.1 Å². The van der Waals surface area contributed by atoms with Crippen molar-refractivity contribution in [3.05, 3.63) is 59.7 Å². The van der Waals surface area contributed by atoms with E-state index in [0.29, 0.717) is 17.9 Å². The Labute approximate surface area is 146 Å². The molecule has 0 saturated carbocycles. The highest BCUT2D eigenvalue weighted by Crippen LogP contribution is 2.16. The first-order valence-electron chi connectivity index (χ1n) is 7.79. The van der Waals surface area contributed by atoms with Crippen molar-refractivity contribution in [3.63, 3.8) is 0 Å². The maximum absolute atomic E-state index is 12.2. The van der Waals surface area contributed by atoms with Crippen LogP contribution in [0.3, 0.4) is 0 Å². The van der Waals surface area contributed by atoms with Crippen LogP contribution in [0, 0.1) is 0 Å². The molecule has 0 radical (unpaired) electrons. The topological polar surface area (TPSA) is 73.9 Å². The van der Waals surface area contributed by atoms with Gasteiger partial charge in [-0.15, -0.1) is 0 Å². The van der Waals surface area contributed by atoms with Gasteiger partial charge in [0.1, 0.15) is 11.5 Å². The van der Waals surface area contributed by atoms with Crippen molar-refractivity contribution in [1.82, 2.24) is 5.32 Å². The summed E-state index contributed by atoms with van der Waals surface area (Å²) in [4.78, 5) is 23.7. The number of hydrogen-bond acceptors (Lipinski definition) is 5. The summed E-state index contributed by atoms with van der Waals surface area (Å²) in [5, 5.41) is 2.81. The highest BCUT2D eigenvalue weighted by Gasteiger charge is 2.15. The summed E-state index contributed by atoms with van der Waals surface area (Å²) < 4.78 is 15.4. The van der Waals surface area contributed by atoms with Crippen LogP contribution in [-0.2, 0) is 16.1 Å². The van der Waals surface area contributed by atoms with Crippen molar-refractivity contribution in [2.24, 2.45) is 0 Å². The Bertz CT molecular complexity index is 727. The Morgan fingerprint density at radius 2 is 1.76 bits per heavy atom. The lowest BCUT2D eigenvalue weighted by atomic mass is 10.2. The molecule has 0 aliphatic heterocycles. The van der Waals surface area contributed by atoms with Crippen molar-refractivity contribution in [2.75, 3.05) is 14.2 Å². The standard InChI is InChI=1S/C19H21NO5/c1-13(25-17-6-4-5-15(11-17)19(22)24-3)18(21)20-12-14-7-9-16(23-2)10-8-14/h4-11,13H,12H2,1-3H3,(H,20,21)/t13-/m1/s1. The van der Waals surface area contributed by atoms with Gasteiger partial charge in [0, 0.05) is 6.54 Å². The van der Waals surface area contributed by atoms with Gasteiger partial charge in [0.2, 0.25) is 0 Å². The van der Waals surface area contributed by atoms with Crippen LogP contribution in [0.25, 0.3) is 0 Å². The average molecular weight is 343 g/mol. The van der Waals surface area contributed by atoms with E-state index in [1.54, 1.807) is 38.3 Å². The lowest BCUT2D eigenvalue weighted by Crippen LogP contribution is -2.35. The van der Waals surface area contributed by atoms with E-state index in [9.17, 15) is 9.59 Å². The fourth-order valence-electron chi connectivity index (χ4n) is 2.15. The van der Waals surface area contributed by atoms with Gasteiger partial charge in [-0.3, -0.25) is 4.79 Å². The third-order valence-electron chi connectivity index (χ3n) is 3.56. The Hall–Kier alpha value is -3.02. The fourth-order valence-corrected chi connectivity index (χ4v) is 2.15. The third-order valence-corrected chi connectivity index (χ3v) is 3.56. The molecule has 1 amide bonds. The number of esters is 1. The number of rotatable bonds is 7. The molecular formula is C19H21NO5. The molecule has 0 spiro atoms. The third kappa shape index (κ3) is 5.24. The van der Waals surface area contributed by atoms with Crippen LogP contribution in [0.15, 0.2) is 48.5 Å². The molecule has 132 valence electrons. The molecule has 2 aromatic rings. The zero-order valence-corrected chi connectivity index (χ0v) is 14.4. The molecule has 0 fully saturated rings. The van der Waals surface area contributed by atoms with Gasteiger partial charge in [0.25, 0.3) is 5.91 Å². The SMILES string of the molecule is COC(=O)c1cccc(O[C@H](C)C(=O)NCc2ccc(OC)cc2)c1. The summed E-state index contributed by atoms with van der Waals surface area (Å²) >= 11 is 0. The molecule has 0 saturated heterocycles. The van der Waals surface area contributed by atoms with E-state index in [1.165, 1.54) is 7.11 Å². The predicted octanol–water partition coefficient (Wildman–Crippen LogP) is 2.57. The number of benzene rings is 2. The summed E-state index contributed by atoms with van der Waals surface area (Å²) in [5.74, 6) is 0.480. The Morgan fingerprint density at radius 1 is 1.04 bits per heavy atom. The molecule has 0 heterocycles. The molecule has 1 atom stereocenters. The van der Waals surface area contributed by atoms with E-state index < -0.39 is 12.1 Å². The maximum Gasteiger partial charge on any atom is 0.337 e. The van der Waals surface area contributed by atoms with Crippen LogP contribution >= 0.6 is 0 Å². The van der Waals surface area contributed by atoms with Crippen LogP contribution in [0.2, 0.25) is 0 Å². The summed E-state index contributed by atoms with van der Waals surface area (Å²) in [6, 6.07) is 13.9. The smallest absolute Gasteiger partial charge is 0.337 e. The molecule has 2 aromatic carbocycles. The molecule has 0 aliphatic carbocycles. The molecule has 0 unspecified atom stereocenters. The summed E-state index contributed by atoms with van der Waals surface area (Å²) in [6.45, 7) is 2.03. The monoisotopic (exact) mass is 343 g/mol. The molecule has 0 bridgehead atoms. The molecule has 6 nitrogen and oxygen atoms in total. The van der Waals surface area contributed by atoms with Gasteiger partial charge in [-0.2, -0.15) is 0 Å². The van der Waals surface area contributed by atoms with Crippen molar-refractivity contribution in [1.29, 1.82) is 0 Å². The Kier molecular flexibility index (Phi) is 6.39. The molecule has 0 aromatic heterocycles.